The van der Waals surface area contributed by atoms with E-state index in [1.807, 2.05) is 10.7 Å². The number of anilines is 1. The van der Waals surface area contributed by atoms with Crippen molar-refractivity contribution in [2.24, 2.45) is 0 Å². The van der Waals surface area contributed by atoms with Gasteiger partial charge in [0.25, 0.3) is 0 Å². The van der Waals surface area contributed by atoms with Gasteiger partial charge in [-0.1, -0.05) is 6.42 Å². The van der Waals surface area contributed by atoms with Crippen LogP contribution in [0, 0.1) is 5.82 Å². The number of aryl methyl sites for hydroxylation is 1. The minimum Gasteiger partial charge on any atom is -0.384 e. The van der Waals surface area contributed by atoms with E-state index in [-0.39, 0.29) is 5.82 Å². The number of benzene rings is 1. The van der Waals surface area contributed by atoms with Crippen LogP contribution in [0.2, 0.25) is 0 Å². The van der Waals surface area contributed by atoms with Crippen LogP contribution in [-0.2, 0) is 6.42 Å². The zero-order chi connectivity index (χ0) is 18.2. The summed E-state index contributed by atoms with van der Waals surface area (Å²) in [5.74, 6) is 0.511. The number of imidazole rings is 1. The van der Waals surface area contributed by atoms with E-state index in [1.54, 1.807) is 18.3 Å². The summed E-state index contributed by atoms with van der Waals surface area (Å²) in [5.41, 5.74) is 6.05. The fourth-order valence-corrected chi connectivity index (χ4v) is 3.78. The second-order valence-electron chi connectivity index (χ2n) is 6.95. The van der Waals surface area contributed by atoms with Gasteiger partial charge in [0.2, 0.25) is 0 Å². The molecule has 4 heterocycles. The molecule has 5 nitrogen and oxygen atoms in total. The number of H-pyrrole nitrogens is 1. The molecule has 0 aliphatic carbocycles. The Morgan fingerprint density at radius 1 is 1.07 bits per heavy atom. The van der Waals surface area contributed by atoms with Crippen LogP contribution >= 0.6 is 0 Å². The number of hydrogen-bond acceptors (Lipinski definition) is 3. The van der Waals surface area contributed by atoms with Crippen molar-refractivity contribution in [2.45, 2.75) is 25.7 Å². The molecule has 1 aliphatic rings. The number of aromatic amines is 1. The summed E-state index contributed by atoms with van der Waals surface area (Å²) >= 11 is 0. The van der Waals surface area contributed by atoms with Crippen LogP contribution in [0.15, 0.2) is 48.9 Å². The van der Waals surface area contributed by atoms with Gasteiger partial charge in [0.1, 0.15) is 17.3 Å². The molecule has 6 heteroatoms. The highest BCUT2D eigenvalue weighted by Gasteiger charge is 2.20. The molecule has 0 saturated carbocycles. The number of fused-ring (bicyclic) bond motifs is 2. The van der Waals surface area contributed by atoms with E-state index in [1.165, 1.54) is 37.0 Å². The van der Waals surface area contributed by atoms with Crippen molar-refractivity contribution < 1.29 is 4.39 Å². The van der Waals surface area contributed by atoms with Crippen LogP contribution in [0.25, 0.3) is 28.2 Å². The highest BCUT2D eigenvalue weighted by atomic mass is 19.1. The number of aromatic nitrogens is 4. The molecule has 0 amide bonds. The molecule has 1 aromatic carbocycles. The van der Waals surface area contributed by atoms with Crippen LogP contribution in [0.5, 0.6) is 0 Å². The maximum Gasteiger partial charge on any atom is 0.141 e. The number of pyridine rings is 1. The summed E-state index contributed by atoms with van der Waals surface area (Å²) in [5, 5.41) is 8.36. The van der Waals surface area contributed by atoms with Crippen molar-refractivity contribution in [3.63, 3.8) is 0 Å². The molecule has 0 unspecified atom stereocenters. The lowest BCUT2D eigenvalue weighted by Gasteiger charge is -2.16. The highest BCUT2D eigenvalue weighted by molar-refractivity contribution is 5.90. The molecule has 4 aromatic rings. The molecule has 0 saturated heterocycles. The van der Waals surface area contributed by atoms with E-state index in [0.717, 1.165) is 46.8 Å². The Hall–Kier alpha value is -3.15. The lowest BCUT2D eigenvalue weighted by atomic mass is 10.0. The molecule has 0 spiro atoms. The van der Waals surface area contributed by atoms with Crippen molar-refractivity contribution in [3.05, 3.63) is 60.3 Å². The van der Waals surface area contributed by atoms with Crippen molar-refractivity contribution in [3.8, 4) is 22.6 Å². The van der Waals surface area contributed by atoms with E-state index >= 15 is 0 Å². The Morgan fingerprint density at radius 3 is 2.78 bits per heavy atom. The molecule has 2 N–H and O–H groups in total. The third kappa shape index (κ3) is 2.87. The van der Waals surface area contributed by atoms with Gasteiger partial charge in [-0.15, -0.1) is 0 Å². The zero-order valence-corrected chi connectivity index (χ0v) is 14.9. The highest BCUT2D eigenvalue weighted by Crippen LogP contribution is 2.35. The van der Waals surface area contributed by atoms with Crippen molar-refractivity contribution in [1.82, 2.24) is 19.6 Å². The van der Waals surface area contributed by atoms with Crippen molar-refractivity contribution >= 4 is 11.2 Å². The first kappa shape index (κ1) is 16.1. The van der Waals surface area contributed by atoms with Crippen LogP contribution < -0.4 is 5.32 Å². The average molecular weight is 361 g/mol. The van der Waals surface area contributed by atoms with Crippen molar-refractivity contribution in [2.75, 3.05) is 11.9 Å². The maximum atomic E-state index is 13.4. The lowest BCUT2D eigenvalue weighted by molar-refractivity contribution is 0.628. The summed E-state index contributed by atoms with van der Waals surface area (Å²) in [6.07, 6.45) is 10.3. The summed E-state index contributed by atoms with van der Waals surface area (Å²) in [6.45, 7) is 0.982. The van der Waals surface area contributed by atoms with Gasteiger partial charge in [-0.05, 0) is 55.2 Å². The molecular weight excluding hydrogens is 341 g/mol. The Kier molecular flexibility index (Phi) is 3.89. The first-order valence-electron chi connectivity index (χ1n) is 9.34. The quantitative estimate of drug-likeness (QED) is 0.545. The number of nitrogens with zero attached hydrogens (tertiary/aromatic N) is 3. The maximum absolute atomic E-state index is 13.4. The molecule has 1 aliphatic heterocycles. The number of rotatable bonds is 2. The van der Waals surface area contributed by atoms with Gasteiger partial charge < -0.3 is 10.3 Å². The third-order valence-corrected chi connectivity index (χ3v) is 5.15. The molecule has 0 fully saturated rings. The minimum atomic E-state index is -0.255. The lowest BCUT2D eigenvalue weighted by Crippen LogP contribution is -2.09. The van der Waals surface area contributed by atoms with Crippen LogP contribution in [0.3, 0.4) is 0 Å². The van der Waals surface area contributed by atoms with E-state index in [0.29, 0.717) is 0 Å². The minimum absolute atomic E-state index is 0.255. The van der Waals surface area contributed by atoms with E-state index in [9.17, 15) is 4.39 Å². The molecule has 0 atom stereocenters. The molecule has 27 heavy (non-hydrogen) atoms. The smallest absolute Gasteiger partial charge is 0.141 e. The molecular formula is C21H20FN5. The second kappa shape index (κ2) is 6.54. The number of halogens is 1. The summed E-state index contributed by atoms with van der Waals surface area (Å²) in [7, 11) is 0. The first-order valence-corrected chi connectivity index (χ1v) is 9.34. The van der Waals surface area contributed by atoms with Gasteiger partial charge in [0.15, 0.2) is 0 Å². The molecule has 3 aromatic heterocycles. The Balaban J connectivity index is 1.76. The predicted molar refractivity (Wildman–Crippen MR) is 104 cm³/mol. The molecule has 0 radical (unpaired) electrons. The standard InChI is InChI=1S/C21H20FN5/c22-16-7-5-14(6-8-16)20-19(21-24-10-11-25-21)18-12-15-4-2-1-3-9-23-17(15)13-27(18)26-20/h5-8,10-13,23H,1-4,9H2,(H,24,25). The van der Waals surface area contributed by atoms with Gasteiger partial charge in [-0.25, -0.2) is 13.9 Å². The Labute approximate surface area is 156 Å². The van der Waals surface area contributed by atoms with E-state index in [4.69, 9.17) is 5.10 Å². The number of nitrogens with one attached hydrogen (secondary N) is 2. The van der Waals surface area contributed by atoms with Gasteiger partial charge in [-0.3, -0.25) is 0 Å². The van der Waals surface area contributed by atoms with Gasteiger partial charge in [0.05, 0.1) is 23.0 Å². The third-order valence-electron chi connectivity index (χ3n) is 5.15. The SMILES string of the molecule is Fc1ccc(-c2nn3cc4c(cc3c2-c2ncc[nH]2)CCCCCN4)cc1. The normalized spacial score (nSPS) is 14.4. The van der Waals surface area contributed by atoms with Gasteiger partial charge >= 0.3 is 0 Å². The summed E-state index contributed by atoms with van der Waals surface area (Å²) in [4.78, 5) is 7.66. The van der Waals surface area contributed by atoms with E-state index in [2.05, 4.69) is 27.5 Å². The van der Waals surface area contributed by atoms with Crippen molar-refractivity contribution in [1.29, 1.82) is 0 Å². The topological polar surface area (TPSA) is 58.0 Å². The molecule has 0 bridgehead atoms. The Bertz CT molecular complexity index is 1080. The fourth-order valence-electron chi connectivity index (χ4n) is 3.78. The van der Waals surface area contributed by atoms with Gasteiger partial charge in [0, 0.05) is 24.5 Å². The monoisotopic (exact) mass is 361 g/mol. The van der Waals surface area contributed by atoms with Gasteiger partial charge in [-0.2, -0.15) is 5.10 Å². The fraction of sp³-hybridized carbons (Fsp3) is 0.238. The van der Waals surface area contributed by atoms with Crippen LogP contribution in [-0.4, -0.2) is 26.1 Å². The van der Waals surface area contributed by atoms with Crippen LogP contribution in [0.1, 0.15) is 24.8 Å². The number of hydrogen-bond donors (Lipinski definition) is 2. The largest absolute Gasteiger partial charge is 0.384 e. The molecule has 5 rings (SSSR count). The predicted octanol–water partition coefficient (Wildman–Crippen LogP) is 4.67. The average Bonchev–Trinajstić information content (AvgIpc) is 3.29. The van der Waals surface area contributed by atoms with E-state index < -0.39 is 0 Å². The molecule has 136 valence electrons. The zero-order valence-electron chi connectivity index (χ0n) is 14.9. The summed E-state index contributed by atoms with van der Waals surface area (Å²) < 4.78 is 15.3. The summed E-state index contributed by atoms with van der Waals surface area (Å²) in [6, 6.07) is 8.67. The first-order chi connectivity index (χ1) is 13.3. The van der Waals surface area contributed by atoms with Crippen LogP contribution in [0.4, 0.5) is 10.1 Å². The Morgan fingerprint density at radius 2 is 1.96 bits per heavy atom. The second-order valence-corrected chi connectivity index (χ2v) is 6.95.